The van der Waals surface area contributed by atoms with Crippen LogP contribution in [0.3, 0.4) is 0 Å². The van der Waals surface area contributed by atoms with E-state index in [1.807, 2.05) is 19.1 Å². The number of hydrogen-bond donors (Lipinski definition) is 1. The smallest absolute Gasteiger partial charge is 0.126 e. The van der Waals surface area contributed by atoms with E-state index < -0.39 is 0 Å². The summed E-state index contributed by atoms with van der Waals surface area (Å²) in [6.45, 7) is 7.72. The highest BCUT2D eigenvalue weighted by molar-refractivity contribution is 5.27. The van der Waals surface area contributed by atoms with Gasteiger partial charge in [-0.1, -0.05) is 19.1 Å². The Labute approximate surface area is 109 Å². The molecule has 0 aliphatic carbocycles. The molecule has 3 atom stereocenters. The third-order valence-electron chi connectivity index (χ3n) is 3.67. The quantitative estimate of drug-likeness (QED) is 0.887. The summed E-state index contributed by atoms with van der Waals surface area (Å²) in [6.07, 6.45) is 1.39. The first-order chi connectivity index (χ1) is 8.61. The van der Waals surface area contributed by atoms with Crippen molar-refractivity contribution in [2.24, 2.45) is 5.92 Å². The maximum atomic E-state index is 13.3. The first-order valence-electron chi connectivity index (χ1n) is 6.72. The molecule has 1 aromatic carbocycles. The molecule has 100 valence electrons. The lowest BCUT2D eigenvalue weighted by atomic mass is 9.90. The monoisotopic (exact) mass is 251 g/mol. The summed E-state index contributed by atoms with van der Waals surface area (Å²) in [5, 5.41) is 3.51. The summed E-state index contributed by atoms with van der Waals surface area (Å²) < 4.78 is 19.0. The van der Waals surface area contributed by atoms with Crippen LogP contribution in [0.15, 0.2) is 18.2 Å². The average Bonchev–Trinajstić information content (AvgIpc) is 2.76. The fourth-order valence-electron chi connectivity index (χ4n) is 2.72. The summed E-state index contributed by atoms with van der Waals surface area (Å²) in [5.74, 6) is 0.342. The SMILES string of the molecule is CCNC(c1ccc(F)c(C)c1)C1COC(C)C1. The molecule has 0 saturated carbocycles. The van der Waals surface area contributed by atoms with Gasteiger partial charge in [0.15, 0.2) is 0 Å². The summed E-state index contributed by atoms with van der Waals surface area (Å²) in [7, 11) is 0. The lowest BCUT2D eigenvalue weighted by molar-refractivity contribution is 0.117. The molecular weight excluding hydrogens is 229 g/mol. The van der Waals surface area contributed by atoms with Gasteiger partial charge < -0.3 is 10.1 Å². The average molecular weight is 251 g/mol. The largest absolute Gasteiger partial charge is 0.378 e. The van der Waals surface area contributed by atoms with Crippen LogP contribution in [-0.2, 0) is 4.74 Å². The number of nitrogens with one attached hydrogen (secondary N) is 1. The van der Waals surface area contributed by atoms with Gasteiger partial charge in [0.05, 0.1) is 12.7 Å². The van der Waals surface area contributed by atoms with E-state index in [4.69, 9.17) is 4.74 Å². The maximum absolute atomic E-state index is 13.3. The molecule has 3 heteroatoms. The van der Waals surface area contributed by atoms with Crippen LogP contribution in [0.25, 0.3) is 0 Å². The number of hydrogen-bond acceptors (Lipinski definition) is 2. The third kappa shape index (κ3) is 2.90. The van der Waals surface area contributed by atoms with Gasteiger partial charge in [-0.05, 0) is 44.0 Å². The zero-order valence-corrected chi connectivity index (χ0v) is 11.4. The van der Waals surface area contributed by atoms with Gasteiger partial charge in [-0.2, -0.15) is 0 Å². The van der Waals surface area contributed by atoms with Gasteiger partial charge in [-0.15, -0.1) is 0 Å². The Morgan fingerprint density at radius 3 is 2.83 bits per heavy atom. The highest BCUT2D eigenvalue weighted by Crippen LogP contribution is 2.32. The van der Waals surface area contributed by atoms with Gasteiger partial charge in [0.2, 0.25) is 0 Å². The Morgan fingerprint density at radius 1 is 1.50 bits per heavy atom. The summed E-state index contributed by atoms with van der Waals surface area (Å²) in [5.41, 5.74) is 1.88. The molecule has 0 aromatic heterocycles. The Balaban J connectivity index is 2.20. The second kappa shape index (κ2) is 5.81. The summed E-state index contributed by atoms with van der Waals surface area (Å²) in [4.78, 5) is 0. The zero-order valence-electron chi connectivity index (χ0n) is 11.4. The molecule has 1 aromatic rings. The molecule has 1 N–H and O–H groups in total. The number of halogens is 1. The molecule has 0 amide bonds. The maximum Gasteiger partial charge on any atom is 0.126 e. The molecule has 1 aliphatic rings. The highest BCUT2D eigenvalue weighted by atomic mass is 19.1. The van der Waals surface area contributed by atoms with Crippen molar-refractivity contribution in [1.82, 2.24) is 5.32 Å². The normalized spacial score (nSPS) is 25.3. The molecule has 1 fully saturated rings. The van der Waals surface area contributed by atoms with Crippen LogP contribution in [0.5, 0.6) is 0 Å². The number of rotatable bonds is 4. The number of aryl methyl sites for hydroxylation is 1. The van der Waals surface area contributed by atoms with Crippen molar-refractivity contribution >= 4 is 0 Å². The van der Waals surface area contributed by atoms with Gasteiger partial charge in [0.1, 0.15) is 5.82 Å². The van der Waals surface area contributed by atoms with Crippen molar-refractivity contribution in [1.29, 1.82) is 0 Å². The zero-order chi connectivity index (χ0) is 13.1. The van der Waals surface area contributed by atoms with Crippen LogP contribution in [-0.4, -0.2) is 19.3 Å². The molecule has 0 radical (unpaired) electrons. The van der Waals surface area contributed by atoms with E-state index in [0.29, 0.717) is 17.6 Å². The Bertz CT molecular complexity index is 407. The molecular formula is C15H22FNO. The van der Waals surface area contributed by atoms with E-state index in [0.717, 1.165) is 19.6 Å². The van der Waals surface area contributed by atoms with E-state index >= 15 is 0 Å². The Morgan fingerprint density at radius 2 is 2.28 bits per heavy atom. The van der Waals surface area contributed by atoms with Gasteiger partial charge in [0, 0.05) is 12.0 Å². The van der Waals surface area contributed by atoms with Crippen LogP contribution < -0.4 is 5.32 Å². The Kier molecular flexibility index (Phi) is 4.36. The van der Waals surface area contributed by atoms with Crippen LogP contribution in [0.4, 0.5) is 4.39 Å². The van der Waals surface area contributed by atoms with E-state index in [1.165, 1.54) is 5.56 Å². The van der Waals surface area contributed by atoms with Gasteiger partial charge in [-0.25, -0.2) is 4.39 Å². The lowest BCUT2D eigenvalue weighted by Crippen LogP contribution is -2.28. The molecule has 1 saturated heterocycles. The molecule has 0 spiro atoms. The van der Waals surface area contributed by atoms with E-state index in [1.54, 1.807) is 6.07 Å². The molecule has 0 bridgehead atoms. The summed E-state index contributed by atoms with van der Waals surface area (Å²) in [6, 6.07) is 5.66. The van der Waals surface area contributed by atoms with Crippen molar-refractivity contribution < 1.29 is 9.13 Å². The first kappa shape index (κ1) is 13.5. The fraction of sp³-hybridized carbons (Fsp3) is 0.600. The Hall–Kier alpha value is -0.930. The number of ether oxygens (including phenoxy) is 1. The molecule has 1 heterocycles. The third-order valence-corrected chi connectivity index (χ3v) is 3.67. The highest BCUT2D eigenvalue weighted by Gasteiger charge is 2.30. The van der Waals surface area contributed by atoms with Gasteiger partial charge in [0.25, 0.3) is 0 Å². The van der Waals surface area contributed by atoms with Crippen LogP contribution >= 0.6 is 0 Å². The first-order valence-corrected chi connectivity index (χ1v) is 6.72. The van der Waals surface area contributed by atoms with Crippen molar-refractivity contribution in [3.63, 3.8) is 0 Å². The molecule has 2 rings (SSSR count). The van der Waals surface area contributed by atoms with Crippen molar-refractivity contribution in [3.8, 4) is 0 Å². The van der Waals surface area contributed by atoms with Crippen molar-refractivity contribution in [2.75, 3.05) is 13.2 Å². The topological polar surface area (TPSA) is 21.3 Å². The van der Waals surface area contributed by atoms with Crippen LogP contribution in [0.1, 0.15) is 37.4 Å². The predicted molar refractivity (Wildman–Crippen MR) is 71.1 cm³/mol. The minimum Gasteiger partial charge on any atom is -0.378 e. The predicted octanol–water partition coefficient (Wildman–Crippen LogP) is 3.21. The van der Waals surface area contributed by atoms with Crippen LogP contribution in [0, 0.1) is 18.7 Å². The van der Waals surface area contributed by atoms with Crippen molar-refractivity contribution in [3.05, 3.63) is 35.1 Å². The standard InChI is InChI=1S/C15H22FNO/c1-4-17-15(13-8-11(3)18-9-13)12-5-6-14(16)10(2)7-12/h5-7,11,13,15,17H,4,8-9H2,1-3H3. The second-order valence-electron chi connectivity index (χ2n) is 5.18. The minimum atomic E-state index is -0.134. The lowest BCUT2D eigenvalue weighted by Gasteiger charge is -2.24. The van der Waals surface area contributed by atoms with Crippen molar-refractivity contribution in [2.45, 2.75) is 39.3 Å². The minimum absolute atomic E-state index is 0.134. The molecule has 3 unspecified atom stereocenters. The second-order valence-corrected chi connectivity index (χ2v) is 5.18. The van der Waals surface area contributed by atoms with Gasteiger partial charge in [-0.3, -0.25) is 0 Å². The van der Waals surface area contributed by atoms with E-state index in [-0.39, 0.29) is 11.9 Å². The summed E-state index contributed by atoms with van der Waals surface area (Å²) >= 11 is 0. The van der Waals surface area contributed by atoms with E-state index in [2.05, 4.69) is 19.2 Å². The fourth-order valence-corrected chi connectivity index (χ4v) is 2.72. The van der Waals surface area contributed by atoms with Gasteiger partial charge >= 0.3 is 0 Å². The van der Waals surface area contributed by atoms with Crippen LogP contribution in [0.2, 0.25) is 0 Å². The van der Waals surface area contributed by atoms with E-state index in [9.17, 15) is 4.39 Å². The molecule has 18 heavy (non-hydrogen) atoms. The number of benzene rings is 1. The molecule has 1 aliphatic heterocycles. The molecule has 2 nitrogen and oxygen atoms in total.